The summed E-state index contributed by atoms with van der Waals surface area (Å²) in [4.78, 5) is 22.3. The van der Waals surface area contributed by atoms with Gasteiger partial charge in [-0.25, -0.2) is 14.8 Å². The van der Waals surface area contributed by atoms with Gasteiger partial charge in [-0.2, -0.15) is 0 Å². The number of urea groups is 1. The zero-order valence-electron chi connectivity index (χ0n) is 17.9. The van der Waals surface area contributed by atoms with E-state index in [0.717, 1.165) is 39.1 Å². The Hall–Kier alpha value is -4.51. The summed E-state index contributed by atoms with van der Waals surface area (Å²) in [6.45, 7) is 0.457. The van der Waals surface area contributed by atoms with Crippen molar-refractivity contribution in [2.24, 2.45) is 0 Å². The molecule has 5 nitrogen and oxygen atoms in total. The summed E-state index contributed by atoms with van der Waals surface area (Å²) < 4.78 is 0. The van der Waals surface area contributed by atoms with Crippen molar-refractivity contribution in [3.05, 3.63) is 115 Å². The van der Waals surface area contributed by atoms with E-state index >= 15 is 0 Å². The van der Waals surface area contributed by atoms with Gasteiger partial charge in [0.15, 0.2) is 0 Å². The van der Waals surface area contributed by atoms with Crippen LogP contribution in [0.15, 0.2) is 109 Å². The first-order valence-electron chi connectivity index (χ1n) is 10.8. The maximum absolute atomic E-state index is 12.4. The van der Waals surface area contributed by atoms with E-state index in [1.807, 2.05) is 109 Å². The van der Waals surface area contributed by atoms with Crippen LogP contribution in [0.2, 0.25) is 0 Å². The van der Waals surface area contributed by atoms with Crippen molar-refractivity contribution in [3.8, 4) is 22.5 Å². The molecule has 2 amide bonds. The van der Waals surface area contributed by atoms with Crippen molar-refractivity contribution in [2.45, 2.75) is 6.54 Å². The van der Waals surface area contributed by atoms with E-state index in [4.69, 9.17) is 9.97 Å². The molecule has 5 aromatic rings. The van der Waals surface area contributed by atoms with Gasteiger partial charge in [-0.3, -0.25) is 0 Å². The van der Waals surface area contributed by atoms with Crippen LogP contribution in [0.5, 0.6) is 0 Å². The maximum Gasteiger partial charge on any atom is 0.319 e. The van der Waals surface area contributed by atoms with Crippen molar-refractivity contribution < 1.29 is 4.79 Å². The van der Waals surface area contributed by atoms with Crippen molar-refractivity contribution in [1.29, 1.82) is 0 Å². The van der Waals surface area contributed by atoms with E-state index in [9.17, 15) is 4.79 Å². The van der Waals surface area contributed by atoms with Gasteiger partial charge in [0.25, 0.3) is 0 Å². The number of benzene rings is 4. The van der Waals surface area contributed by atoms with E-state index in [2.05, 4.69) is 10.6 Å². The standard InChI is InChI=1S/C28H22N4O/c33-28(29-19-20-10-4-1-5-11-20)30-23-16-17-24-25(18-23)32-27(22-14-8-3-9-15-22)26(31-24)21-12-6-2-7-13-21/h1-18H,19H2,(H2,29,30,33). The lowest BCUT2D eigenvalue weighted by Crippen LogP contribution is -2.28. The van der Waals surface area contributed by atoms with Gasteiger partial charge in [-0.1, -0.05) is 91.0 Å². The summed E-state index contributed by atoms with van der Waals surface area (Å²) in [5, 5.41) is 5.77. The number of rotatable bonds is 5. The van der Waals surface area contributed by atoms with Gasteiger partial charge in [-0.15, -0.1) is 0 Å². The number of hydrogen-bond donors (Lipinski definition) is 2. The molecule has 1 aromatic heterocycles. The highest BCUT2D eigenvalue weighted by atomic mass is 16.2. The Bertz CT molecular complexity index is 1390. The van der Waals surface area contributed by atoms with E-state index in [1.54, 1.807) is 0 Å². The van der Waals surface area contributed by atoms with Crippen LogP contribution in [0.4, 0.5) is 10.5 Å². The summed E-state index contributed by atoms with van der Waals surface area (Å²) in [6.07, 6.45) is 0. The first-order chi connectivity index (χ1) is 16.3. The van der Waals surface area contributed by atoms with E-state index in [1.165, 1.54) is 0 Å². The fourth-order valence-electron chi connectivity index (χ4n) is 3.68. The molecule has 160 valence electrons. The highest BCUT2D eigenvalue weighted by molar-refractivity contribution is 5.93. The number of carbonyl (C=O) groups is 1. The Morgan fingerprint density at radius 3 is 1.79 bits per heavy atom. The summed E-state index contributed by atoms with van der Waals surface area (Å²) >= 11 is 0. The van der Waals surface area contributed by atoms with Crippen molar-refractivity contribution in [3.63, 3.8) is 0 Å². The van der Waals surface area contributed by atoms with Crippen LogP contribution in [0, 0.1) is 0 Å². The van der Waals surface area contributed by atoms with Crippen LogP contribution >= 0.6 is 0 Å². The molecular formula is C28H22N4O. The van der Waals surface area contributed by atoms with Gasteiger partial charge >= 0.3 is 6.03 Å². The Morgan fingerprint density at radius 1 is 0.636 bits per heavy atom. The molecule has 0 unspecified atom stereocenters. The van der Waals surface area contributed by atoms with Gasteiger partial charge in [0.05, 0.1) is 22.4 Å². The van der Waals surface area contributed by atoms with Gasteiger partial charge in [0.1, 0.15) is 0 Å². The van der Waals surface area contributed by atoms with Crippen molar-refractivity contribution in [2.75, 3.05) is 5.32 Å². The van der Waals surface area contributed by atoms with Crippen LogP contribution in [0.25, 0.3) is 33.5 Å². The van der Waals surface area contributed by atoms with Crippen LogP contribution in [-0.4, -0.2) is 16.0 Å². The minimum Gasteiger partial charge on any atom is -0.334 e. The third kappa shape index (κ3) is 4.72. The van der Waals surface area contributed by atoms with Crippen molar-refractivity contribution in [1.82, 2.24) is 15.3 Å². The third-order valence-corrected chi connectivity index (χ3v) is 5.31. The Labute approximate surface area is 192 Å². The van der Waals surface area contributed by atoms with Crippen LogP contribution in [0.3, 0.4) is 0 Å². The Balaban J connectivity index is 1.46. The molecule has 0 radical (unpaired) electrons. The van der Waals surface area contributed by atoms with Gasteiger partial charge in [0, 0.05) is 23.4 Å². The number of fused-ring (bicyclic) bond motifs is 1. The van der Waals surface area contributed by atoms with Crippen LogP contribution < -0.4 is 10.6 Å². The zero-order chi connectivity index (χ0) is 22.5. The monoisotopic (exact) mass is 430 g/mol. The smallest absolute Gasteiger partial charge is 0.319 e. The molecule has 4 aromatic carbocycles. The predicted octanol–water partition coefficient (Wildman–Crippen LogP) is 6.29. The molecule has 0 saturated carbocycles. The fourth-order valence-corrected chi connectivity index (χ4v) is 3.68. The number of nitrogens with zero attached hydrogens (tertiary/aromatic N) is 2. The minimum atomic E-state index is -0.268. The largest absolute Gasteiger partial charge is 0.334 e. The summed E-state index contributed by atoms with van der Waals surface area (Å²) in [6, 6.07) is 35.2. The van der Waals surface area contributed by atoms with Gasteiger partial charge < -0.3 is 10.6 Å². The van der Waals surface area contributed by atoms with E-state index < -0.39 is 0 Å². The quantitative estimate of drug-likeness (QED) is 0.345. The minimum absolute atomic E-state index is 0.268. The van der Waals surface area contributed by atoms with Gasteiger partial charge in [0.2, 0.25) is 0 Å². The lowest BCUT2D eigenvalue weighted by atomic mass is 10.0. The normalized spacial score (nSPS) is 10.7. The molecule has 0 saturated heterocycles. The lowest BCUT2D eigenvalue weighted by Gasteiger charge is -2.12. The molecule has 0 fully saturated rings. The first kappa shape index (κ1) is 20.4. The highest BCUT2D eigenvalue weighted by Crippen LogP contribution is 2.31. The molecule has 0 spiro atoms. The molecule has 0 bridgehead atoms. The van der Waals surface area contributed by atoms with E-state index in [-0.39, 0.29) is 6.03 Å². The summed E-state index contributed by atoms with van der Waals surface area (Å²) in [7, 11) is 0. The average molecular weight is 431 g/mol. The van der Waals surface area contributed by atoms with Gasteiger partial charge in [-0.05, 0) is 23.8 Å². The zero-order valence-corrected chi connectivity index (χ0v) is 17.9. The molecular weight excluding hydrogens is 408 g/mol. The molecule has 2 N–H and O–H groups in total. The summed E-state index contributed by atoms with van der Waals surface area (Å²) in [5.74, 6) is 0. The second kappa shape index (κ2) is 9.32. The predicted molar refractivity (Wildman–Crippen MR) is 133 cm³/mol. The van der Waals surface area contributed by atoms with Crippen LogP contribution in [0.1, 0.15) is 5.56 Å². The van der Waals surface area contributed by atoms with E-state index in [0.29, 0.717) is 12.2 Å². The molecule has 0 aliphatic heterocycles. The molecule has 1 heterocycles. The second-order valence-corrected chi connectivity index (χ2v) is 7.65. The Morgan fingerprint density at radius 2 is 1.18 bits per heavy atom. The molecule has 0 atom stereocenters. The summed E-state index contributed by atoms with van der Waals surface area (Å²) in [5.41, 5.74) is 6.82. The molecule has 0 aliphatic carbocycles. The number of aromatic nitrogens is 2. The molecule has 0 aliphatic rings. The van der Waals surface area contributed by atoms with Crippen LogP contribution in [-0.2, 0) is 6.54 Å². The third-order valence-electron chi connectivity index (χ3n) is 5.31. The second-order valence-electron chi connectivity index (χ2n) is 7.65. The highest BCUT2D eigenvalue weighted by Gasteiger charge is 2.13. The first-order valence-corrected chi connectivity index (χ1v) is 10.8. The fraction of sp³-hybridized carbons (Fsp3) is 0.0357. The number of nitrogens with one attached hydrogen (secondary N) is 2. The number of hydrogen-bond acceptors (Lipinski definition) is 3. The molecule has 33 heavy (non-hydrogen) atoms. The Kier molecular flexibility index (Phi) is 5.76. The lowest BCUT2D eigenvalue weighted by molar-refractivity contribution is 0.251. The van der Waals surface area contributed by atoms with Crippen molar-refractivity contribution >= 4 is 22.8 Å². The number of carbonyl (C=O) groups excluding carboxylic acids is 1. The molecule has 5 heteroatoms. The topological polar surface area (TPSA) is 66.9 Å². The number of anilines is 1. The number of amides is 2. The molecule has 5 rings (SSSR count). The maximum atomic E-state index is 12.4. The average Bonchev–Trinajstić information content (AvgIpc) is 2.88. The SMILES string of the molecule is O=C(NCc1ccccc1)Nc1ccc2nc(-c3ccccc3)c(-c3ccccc3)nc2c1.